The fourth-order valence-corrected chi connectivity index (χ4v) is 3.82. The molecule has 0 saturated heterocycles. The van der Waals surface area contributed by atoms with E-state index in [-0.39, 0.29) is 11.8 Å². The van der Waals surface area contributed by atoms with Crippen molar-refractivity contribution in [2.45, 2.75) is 44.4 Å². The maximum absolute atomic E-state index is 12.5. The quantitative estimate of drug-likeness (QED) is 0.840. The molecule has 1 amide bonds. The van der Waals surface area contributed by atoms with Gasteiger partial charge < -0.3 is 19.3 Å². The Labute approximate surface area is 158 Å². The van der Waals surface area contributed by atoms with E-state index in [1.165, 1.54) is 12.8 Å². The monoisotopic (exact) mass is 371 g/mol. The van der Waals surface area contributed by atoms with Crippen molar-refractivity contribution in [3.8, 4) is 11.5 Å². The Morgan fingerprint density at radius 3 is 3.00 bits per heavy atom. The minimum absolute atomic E-state index is 0.0111. The molecule has 1 aliphatic heterocycles. The molecule has 1 unspecified atom stereocenters. The molecular weight excluding hydrogens is 346 g/mol. The van der Waals surface area contributed by atoms with Crippen molar-refractivity contribution in [2.24, 2.45) is 5.92 Å². The number of amides is 1. The van der Waals surface area contributed by atoms with Gasteiger partial charge in [-0.05, 0) is 43.0 Å². The normalized spacial score (nSPS) is 19.4. The number of hydrogen-bond acceptors (Lipinski definition) is 6. The van der Waals surface area contributed by atoms with Crippen LogP contribution in [0.2, 0.25) is 0 Å². The number of nitrogens with one attached hydrogen (secondary N) is 1. The molecule has 1 aromatic carbocycles. The predicted molar refractivity (Wildman–Crippen MR) is 97.9 cm³/mol. The van der Waals surface area contributed by atoms with Gasteiger partial charge in [-0.15, -0.1) is 0 Å². The van der Waals surface area contributed by atoms with Crippen LogP contribution in [0.4, 0.5) is 0 Å². The summed E-state index contributed by atoms with van der Waals surface area (Å²) in [6.45, 7) is 0.878. The maximum atomic E-state index is 12.5. The van der Waals surface area contributed by atoms with E-state index in [0.29, 0.717) is 37.7 Å². The van der Waals surface area contributed by atoms with Gasteiger partial charge in [0, 0.05) is 18.9 Å². The zero-order chi connectivity index (χ0) is 18.6. The van der Waals surface area contributed by atoms with Gasteiger partial charge >= 0.3 is 0 Å². The largest absolute Gasteiger partial charge is 0.497 e. The molecule has 2 heterocycles. The van der Waals surface area contributed by atoms with Gasteiger partial charge in [-0.3, -0.25) is 4.79 Å². The highest BCUT2D eigenvalue weighted by molar-refractivity contribution is 5.79. The van der Waals surface area contributed by atoms with Gasteiger partial charge in [0.1, 0.15) is 18.1 Å². The standard InChI is InChI=1S/C20H25N3O4/c1-25-16-6-7-17-14(11-16)10-15(12-26-17)19(24)21-9-8-18-22-20(27-23-18)13-4-2-3-5-13/h6-7,11,13,15H,2-5,8-10,12H2,1H3,(H,21,24). The Hall–Kier alpha value is -2.57. The Morgan fingerprint density at radius 2 is 2.19 bits per heavy atom. The average Bonchev–Trinajstić information content (AvgIpc) is 3.38. The maximum Gasteiger partial charge on any atom is 0.229 e. The molecular formula is C20H25N3O4. The molecule has 1 aromatic heterocycles. The van der Waals surface area contributed by atoms with Crippen molar-refractivity contribution < 1.29 is 18.8 Å². The summed E-state index contributed by atoms with van der Waals surface area (Å²) in [5.74, 6) is 3.20. The summed E-state index contributed by atoms with van der Waals surface area (Å²) in [4.78, 5) is 17.0. The van der Waals surface area contributed by atoms with Crippen LogP contribution >= 0.6 is 0 Å². The molecule has 4 rings (SSSR count). The Bertz CT molecular complexity index is 798. The number of nitrogens with zero attached hydrogens (tertiary/aromatic N) is 2. The number of ether oxygens (including phenoxy) is 2. The highest BCUT2D eigenvalue weighted by Gasteiger charge is 2.26. The molecule has 7 heteroatoms. The Morgan fingerprint density at radius 1 is 1.33 bits per heavy atom. The van der Waals surface area contributed by atoms with Crippen molar-refractivity contribution >= 4 is 5.91 Å². The SMILES string of the molecule is COc1ccc2c(c1)CC(C(=O)NCCc1noc(C3CCCC3)n1)CO2. The van der Waals surface area contributed by atoms with Gasteiger partial charge in [0.2, 0.25) is 11.8 Å². The molecule has 2 aliphatic rings. The van der Waals surface area contributed by atoms with Crippen molar-refractivity contribution in [1.82, 2.24) is 15.5 Å². The highest BCUT2D eigenvalue weighted by atomic mass is 16.5. The van der Waals surface area contributed by atoms with Crippen LogP contribution in [0, 0.1) is 5.92 Å². The summed E-state index contributed by atoms with van der Waals surface area (Å²) >= 11 is 0. The minimum Gasteiger partial charge on any atom is -0.497 e. The van der Waals surface area contributed by atoms with Gasteiger partial charge in [0.15, 0.2) is 5.82 Å². The first kappa shape index (κ1) is 17.8. The Kier molecular flexibility index (Phi) is 5.27. The van der Waals surface area contributed by atoms with Gasteiger partial charge in [-0.2, -0.15) is 4.98 Å². The topological polar surface area (TPSA) is 86.5 Å². The molecule has 1 fully saturated rings. The van der Waals surface area contributed by atoms with E-state index in [9.17, 15) is 4.79 Å². The van der Waals surface area contributed by atoms with Crippen LogP contribution in [-0.4, -0.2) is 36.3 Å². The van der Waals surface area contributed by atoms with Crippen LogP contribution in [0.1, 0.15) is 48.9 Å². The van der Waals surface area contributed by atoms with E-state index in [1.807, 2.05) is 18.2 Å². The predicted octanol–water partition coefficient (Wildman–Crippen LogP) is 2.65. The summed E-state index contributed by atoms with van der Waals surface area (Å²) in [5, 5.41) is 7.01. The van der Waals surface area contributed by atoms with Crippen molar-refractivity contribution in [3.05, 3.63) is 35.5 Å². The lowest BCUT2D eigenvalue weighted by Gasteiger charge is -2.24. The van der Waals surface area contributed by atoms with Gasteiger partial charge in [-0.1, -0.05) is 18.0 Å². The third kappa shape index (κ3) is 4.07. The van der Waals surface area contributed by atoms with Crippen LogP contribution in [0.5, 0.6) is 11.5 Å². The summed E-state index contributed by atoms with van der Waals surface area (Å²) < 4.78 is 16.4. The first-order chi connectivity index (χ1) is 13.2. The summed E-state index contributed by atoms with van der Waals surface area (Å²) in [6, 6.07) is 5.68. The zero-order valence-corrected chi connectivity index (χ0v) is 15.6. The Balaban J connectivity index is 1.27. The molecule has 1 atom stereocenters. The number of hydrogen-bond donors (Lipinski definition) is 1. The number of rotatable bonds is 6. The van der Waals surface area contributed by atoms with Gasteiger partial charge in [0.05, 0.1) is 13.0 Å². The minimum atomic E-state index is -0.205. The van der Waals surface area contributed by atoms with Crippen LogP contribution in [0.25, 0.3) is 0 Å². The molecule has 1 N–H and O–H groups in total. The lowest BCUT2D eigenvalue weighted by Crippen LogP contribution is -2.38. The second kappa shape index (κ2) is 7.98. The number of carbonyl (C=O) groups excluding carboxylic acids is 1. The molecule has 0 radical (unpaired) electrons. The van der Waals surface area contributed by atoms with Crippen molar-refractivity contribution in [1.29, 1.82) is 0 Å². The highest BCUT2D eigenvalue weighted by Crippen LogP contribution is 2.33. The molecule has 7 nitrogen and oxygen atoms in total. The van der Waals surface area contributed by atoms with E-state index in [2.05, 4.69) is 15.5 Å². The van der Waals surface area contributed by atoms with Crippen LogP contribution < -0.4 is 14.8 Å². The van der Waals surface area contributed by atoms with Gasteiger partial charge in [-0.25, -0.2) is 0 Å². The van der Waals surface area contributed by atoms with E-state index in [0.717, 1.165) is 35.8 Å². The lowest BCUT2D eigenvalue weighted by molar-refractivity contribution is -0.126. The average molecular weight is 371 g/mol. The summed E-state index contributed by atoms with van der Waals surface area (Å²) in [5.41, 5.74) is 1.00. The van der Waals surface area contributed by atoms with E-state index in [1.54, 1.807) is 7.11 Å². The fraction of sp³-hybridized carbons (Fsp3) is 0.550. The number of fused-ring (bicyclic) bond motifs is 1. The second-order valence-electron chi connectivity index (χ2n) is 7.26. The molecule has 2 aromatic rings. The fourth-order valence-electron chi connectivity index (χ4n) is 3.82. The number of aromatic nitrogens is 2. The molecule has 0 bridgehead atoms. The molecule has 27 heavy (non-hydrogen) atoms. The number of benzene rings is 1. The zero-order valence-electron chi connectivity index (χ0n) is 15.6. The summed E-state index contributed by atoms with van der Waals surface area (Å²) in [7, 11) is 1.63. The summed E-state index contributed by atoms with van der Waals surface area (Å²) in [6.07, 6.45) is 5.94. The van der Waals surface area contributed by atoms with E-state index < -0.39 is 0 Å². The van der Waals surface area contributed by atoms with Crippen LogP contribution in [0.3, 0.4) is 0 Å². The van der Waals surface area contributed by atoms with Crippen LogP contribution in [-0.2, 0) is 17.6 Å². The van der Waals surface area contributed by atoms with Crippen LogP contribution in [0.15, 0.2) is 22.7 Å². The number of carbonyl (C=O) groups is 1. The smallest absolute Gasteiger partial charge is 0.229 e. The van der Waals surface area contributed by atoms with Gasteiger partial charge in [0.25, 0.3) is 0 Å². The third-order valence-electron chi connectivity index (χ3n) is 5.38. The van der Waals surface area contributed by atoms with E-state index in [4.69, 9.17) is 14.0 Å². The molecule has 144 valence electrons. The molecule has 1 saturated carbocycles. The van der Waals surface area contributed by atoms with E-state index >= 15 is 0 Å². The lowest BCUT2D eigenvalue weighted by atomic mass is 9.96. The molecule has 0 spiro atoms. The molecule has 1 aliphatic carbocycles. The number of methoxy groups -OCH3 is 1. The van der Waals surface area contributed by atoms with Crippen molar-refractivity contribution in [3.63, 3.8) is 0 Å². The first-order valence-electron chi connectivity index (χ1n) is 9.63. The third-order valence-corrected chi connectivity index (χ3v) is 5.38. The first-order valence-corrected chi connectivity index (χ1v) is 9.63. The second-order valence-corrected chi connectivity index (χ2v) is 7.26. The van der Waals surface area contributed by atoms with Crippen molar-refractivity contribution in [2.75, 3.05) is 20.3 Å².